The predicted octanol–water partition coefficient (Wildman–Crippen LogP) is 3.82. The summed E-state index contributed by atoms with van der Waals surface area (Å²) in [7, 11) is 0. The van der Waals surface area contributed by atoms with Crippen molar-refractivity contribution in [2.24, 2.45) is 5.92 Å². The molecule has 0 atom stereocenters. The Morgan fingerprint density at radius 3 is 2.83 bits per heavy atom. The second kappa shape index (κ2) is 8.00. The Kier molecular flexibility index (Phi) is 5.26. The minimum absolute atomic E-state index is 0.109. The van der Waals surface area contributed by atoms with E-state index in [9.17, 15) is 9.59 Å². The van der Waals surface area contributed by atoms with Crippen LogP contribution in [0.15, 0.2) is 53.3 Å². The van der Waals surface area contributed by atoms with Crippen molar-refractivity contribution >= 4 is 43.9 Å². The lowest BCUT2D eigenvalue weighted by Gasteiger charge is -2.08. The zero-order valence-corrected chi connectivity index (χ0v) is 17.0. The molecule has 0 radical (unpaired) electrons. The third-order valence-corrected chi connectivity index (χ3v) is 5.31. The number of rotatable bonds is 6. The standard InChI is InChI=1S/C21H21N5O2S/c1-13(2)10-11-22-18(27)14-6-5-7-15(12-14)23-20-25-26-19(28)16-8-3-4-9-17(16)24-21(26)29-20/h3-9,12-13H,10-11H2,1-2H3,(H,22,27)(H,23,25). The molecule has 1 amide bonds. The van der Waals surface area contributed by atoms with Gasteiger partial charge in [-0.3, -0.25) is 9.59 Å². The number of nitrogens with one attached hydrogen (secondary N) is 2. The Morgan fingerprint density at radius 2 is 2.00 bits per heavy atom. The van der Waals surface area contributed by atoms with Crippen LogP contribution in [0.4, 0.5) is 10.8 Å². The minimum atomic E-state index is -0.201. The van der Waals surface area contributed by atoms with Gasteiger partial charge in [-0.1, -0.05) is 43.4 Å². The first-order valence-corrected chi connectivity index (χ1v) is 10.3. The topological polar surface area (TPSA) is 88.4 Å². The van der Waals surface area contributed by atoms with E-state index in [0.717, 1.165) is 12.1 Å². The second-order valence-corrected chi connectivity index (χ2v) is 8.14. The van der Waals surface area contributed by atoms with E-state index in [-0.39, 0.29) is 11.5 Å². The molecule has 0 spiro atoms. The van der Waals surface area contributed by atoms with Crippen molar-refractivity contribution < 1.29 is 4.79 Å². The van der Waals surface area contributed by atoms with Crippen LogP contribution >= 0.6 is 11.3 Å². The summed E-state index contributed by atoms with van der Waals surface area (Å²) >= 11 is 1.28. The summed E-state index contributed by atoms with van der Waals surface area (Å²) in [5, 5.41) is 11.5. The van der Waals surface area contributed by atoms with E-state index in [2.05, 4.69) is 34.6 Å². The highest BCUT2D eigenvalue weighted by atomic mass is 32.1. The number of nitrogens with zero attached hydrogens (tertiary/aromatic N) is 3. The van der Waals surface area contributed by atoms with Crippen molar-refractivity contribution in [3.8, 4) is 0 Å². The Bertz CT molecular complexity index is 1240. The molecule has 4 rings (SSSR count). The Morgan fingerprint density at radius 1 is 1.17 bits per heavy atom. The summed E-state index contributed by atoms with van der Waals surface area (Å²) < 4.78 is 1.30. The fourth-order valence-electron chi connectivity index (χ4n) is 2.94. The number of aromatic nitrogens is 3. The third kappa shape index (κ3) is 4.12. The zero-order valence-electron chi connectivity index (χ0n) is 16.2. The van der Waals surface area contributed by atoms with Crippen molar-refractivity contribution in [2.45, 2.75) is 20.3 Å². The van der Waals surface area contributed by atoms with Crippen molar-refractivity contribution in [1.82, 2.24) is 19.9 Å². The van der Waals surface area contributed by atoms with E-state index in [4.69, 9.17) is 0 Å². The second-order valence-electron chi connectivity index (χ2n) is 7.18. The van der Waals surface area contributed by atoms with Gasteiger partial charge in [-0.2, -0.15) is 4.52 Å². The zero-order chi connectivity index (χ0) is 20.4. The normalized spacial score (nSPS) is 11.3. The molecular formula is C21H21N5O2S. The van der Waals surface area contributed by atoms with Gasteiger partial charge in [0.2, 0.25) is 10.1 Å². The number of fused-ring (bicyclic) bond motifs is 2. The average Bonchev–Trinajstić information content (AvgIpc) is 3.10. The van der Waals surface area contributed by atoms with Gasteiger partial charge in [0, 0.05) is 17.8 Å². The molecule has 0 saturated carbocycles. The number of carbonyl (C=O) groups is 1. The number of anilines is 2. The highest BCUT2D eigenvalue weighted by molar-refractivity contribution is 7.20. The molecule has 2 N–H and O–H groups in total. The van der Waals surface area contributed by atoms with E-state index in [1.165, 1.54) is 15.9 Å². The average molecular weight is 407 g/mol. The largest absolute Gasteiger partial charge is 0.352 e. The van der Waals surface area contributed by atoms with E-state index < -0.39 is 0 Å². The molecular weight excluding hydrogens is 386 g/mol. The van der Waals surface area contributed by atoms with Crippen LogP contribution in [-0.2, 0) is 0 Å². The Labute approximate surface area is 171 Å². The van der Waals surface area contributed by atoms with E-state index >= 15 is 0 Å². The first-order valence-electron chi connectivity index (χ1n) is 9.45. The van der Waals surface area contributed by atoms with Gasteiger partial charge in [0.1, 0.15) is 0 Å². The van der Waals surface area contributed by atoms with Gasteiger partial charge in [0.25, 0.3) is 11.5 Å². The van der Waals surface area contributed by atoms with Gasteiger partial charge < -0.3 is 10.6 Å². The summed E-state index contributed by atoms with van der Waals surface area (Å²) in [5.74, 6) is 0.429. The maximum Gasteiger partial charge on any atom is 0.283 e. The van der Waals surface area contributed by atoms with Gasteiger partial charge in [0.15, 0.2) is 0 Å². The molecule has 0 fully saturated rings. The van der Waals surface area contributed by atoms with Crippen LogP contribution in [0, 0.1) is 5.92 Å². The molecule has 148 valence electrons. The number of hydrogen-bond acceptors (Lipinski definition) is 6. The smallest absolute Gasteiger partial charge is 0.283 e. The van der Waals surface area contributed by atoms with Crippen molar-refractivity contribution in [2.75, 3.05) is 11.9 Å². The van der Waals surface area contributed by atoms with Crippen LogP contribution in [0.25, 0.3) is 15.9 Å². The molecule has 2 aromatic heterocycles. The van der Waals surface area contributed by atoms with Crippen LogP contribution in [-0.4, -0.2) is 27.0 Å². The number of benzene rings is 2. The molecule has 4 aromatic rings. The molecule has 2 heterocycles. The van der Waals surface area contributed by atoms with Crippen LogP contribution in [0.2, 0.25) is 0 Å². The Balaban J connectivity index is 1.57. The van der Waals surface area contributed by atoms with Gasteiger partial charge >= 0.3 is 0 Å². The SMILES string of the molecule is CC(C)CCNC(=O)c1cccc(Nc2nn3c(=O)c4ccccc4nc3s2)c1. The summed E-state index contributed by atoms with van der Waals surface area (Å²) in [6.07, 6.45) is 0.936. The molecule has 0 bridgehead atoms. The van der Waals surface area contributed by atoms with Crippen molar-refractivity contribution in [1.29, 1.82) is 0 Å². The van der Waals surface area contributed by atoms with Gasteiger partial charge in [-0.15, -0.1) is 5.10 Å². The maximum absolute atomic E-state index is 12.6. The molecule has 0 saturated heterocycles. The number of hydrogen-bond donors (Lipinski definition) is 2. The first kappa shape index (κ1) is 19.1. The first-order chi connectivity index (χ1) is 14.0. The van der Waals surface area contributed by atoms with E-state index in [1.807, 2.05) is 24.3 Å². The van der Waals surface area contributed by atoms with Crippen molar-refractivity contribution in [3.63, 3.8) is 0 Å². The molecule has 0 aliphatic carbocycles. The molecule has 29 heavy (non-hydrogen) atoms. The molecule has 0 unspecified atom stereocenters. The number of carbonyl (C=O) groups excluding carboxylic acids is 1. The lowest BCUT2D eigenvalue weighted by Crippen LogP contribution is -2.25. The van der Waals surface area contributed by atoms with Gasteiger partial charge in [-0.25, -0.2) is 4.98 Å². The lowest BCUT2D eigenvalue weighted by molar-refractivity contribution is 0.0952. The summed E-state index contributed by atoms with van der Waals surface area (Å²) in [6.45, 7) is 4.89. The van der Waals surface area contributed by atoms with Crippen molar-refractivity contribution in [3.05, 3.63) is 64.4 Å². The van der Waals surface area contributed by atoms with Crippen LogP contribution in [0.1, 0.15) is 30.6 Å². The fraction of sp³-hybridized carbons (Fsp3) is 0.238. The van der Waals surface area contributed by atoms with Crippen LogP contribution < -0.4 is 16.2 Å². The third-order valence-electron chi connectivity index (χ3n) is 4.49. The molecule has 0 aliphatic heterocycles. The monoisotopic (exact) mass is 407 g/mol. The summed E-state index contributed by atoms with van der Waals surface area (Å²) in [4.78, 5) is 30.0. The highest BCUT2D eigenvalue weighted by Crippen LogP contribution is 2.23. The quantitative estimate of drug-likeness (QED) is 0.507. The predicted molar refractivity (Wildman–Crippen MR) is 116 cm³/mol. The van der Waals surface area contributed by atoms with E-state index in [0.29, 0.717) is 39.0 Å². The number of para-hydroxylation sites is 1. The van der Waals surface area contributed by atoms with Gasteiger partial charge in [-0.05, 0) is 42.7 Å². The fourth-order valence-corrected chi connectivity index (χ4v) is 3.76. The number of amides is 1. The molecule has 2 aromatic carbocycles. The van der Waals surface area contributed by atoms with Crippen LogP contribution in [0.5, 0.6) is 0 Å². The molecule has 8 heteroatoms. The van der Waals surface area contributed by atoms with E-state index in [1.54, 1.807) is 24.3 Å². The minimum Gasteiger partial charge on any atom is -0.352 e. The lowest BCUT2D eigenvalue weighted by atomic mass is 10.1. The molecule has 7 nitrogen and oxygen atoms in total. The van der Waals surface area contributed by atoms with Crippen LogP contribution in [0.3, 0.4) is 0 Å². The highest BCUT2D eigenvalue weighted by Gasteiger charge is 2.12. The van der Waals surface area contributed by atoms with Gasteiger partial charge in [0.05, 0.1) is 10.9 Å². The summed E-state index contributed by atoms with van der Waals surface area (Å²) in [6, 6.07) is 14.4. The maximum atomic E-state index is 12.6. The molecule has 0 aliphatic rings. The summed E-state index contributed by atoms with van der Waals surface area (Å²) in [5.41, 5.74) is 1.74. The Hall–Kier alpha value is -3.26.